The third kappa shape index (κ3) is 5.87. The van der Waals surface area contributed by atoms with Crippen LogP contribution in [-0.4, -0.2) is 53.8 Å². The summed E-state index contributed by atoms with van der Waals surface area (Å²) in [6.45, 7) is 8.05. The number of rotatable bonds is 3. The number of hydrogen-bond acceptors (Lipinski definition) is 3. The van der Waals surface area contributed by atoms with Gasteiger partial charge in [-0.15, -0.1) is 12.4 Å². The van der Waals surface area contributed by atoms with Crippen LogP contribution in [0.15, 0.2) is 24.3 Å². The molecule has 1 heterocycles. The molecule has 2 amide bonds. The van der Waals surface area contributed by atoms with Crippen LogP contribution in [0.3, 0.4) is 0 Å². The first kappa shape index (κ1) is 21.7. The minimum absolute atomic E-state index is 0. The second-order valence-electron chi connectivity index (χ2n) is 7.35. The predicted molar refractivity (Wildman–Crippen MR) is 103 cm³/mol. The molecule has 1 fully saturated rings. The van der Waals surface area contributed by atoms with Crippen molar-refractivity contribution >= 4 is 35.8 Å². The lowest BCUT2D eigenvalue weighted by molar-refractivity contribution is -0.141. The minimum Gasteiger partial charge on any atom is -0.339 e. The highest BCUT2D eigenvalue weighted by atomic mass is 35.5. The molecule has 5 nitrogen and oxygen atoms in total. The average Bonchev–Trinajstić information content (AvgIpc) is 2.55. The lowest BCUT2D eigenvalue weighted by atomic mass is 9.86. The Hall–Kier alpha value is -1.30. The molecule has 1 aromatic rings. The van der Waals surface area contributed by atoms with E-state index in [9.17, 15) is 9.59 Å². The van der Waals surface area contributed by atoms with Gasteiger partial charge in [0.25, 0.3) is 0 Å². The average molecular weight is 388 g/mol. The van der Waals surface area contributed by atoms with Gasteiger partial charge >= 0.3 is 0 Å². The molecule has 1 aliphatic heterocycles. The molecule has 0 saturated carbocycles. The second kappa shape index (κ2) is 8.88. The van der Waals surface area contributed by atoms with Crippen molar-refractivity contribution in [2.45, 2.75) is 33.2 Å². The highest BCUT2D eigenvalue weighted by molar-refractivity contribution is 6.30. The van der Waals surface area contributed by atoms with Crippen LogP contribution in [0.5, 0.6) is 0 Å². The summed E-state index contributed by atoms with van der Waals surface area (Å²) in [5, 5.41) is 0.661. The summed E-state index contributed by atoms with van der Waals surface area (Å²) in [6, 6.07) is 6.78. The Labute approximate surface area is 160 Å². The van der Waals surface area contributed by atoms with Gasteiger partial charge < -0.3 is 15.5 Å². The van der Waals surface area contributed by atoms with Crippen molar-refractivity contribution in [3.05, 3.63) is 34.9 Å². The summed E-state index contributed by atoms with van der Waals surface area (Å²) in [6.07, 6.45) is 0.354. The Balaban J connectivity index is 0.00000312. The third-order valence-corrected chi connectivity index (χ3v) is 4.66. The fourth-order valence-electron chi connectivity index (χ4n) is 2.63. The lowest BCUT2D eigenvalue weighted by Crippen LogP contribution is -2.57. The predicted octanol–water partition coefficient (Wildman–Crippen LogP) is 2.35. The van der Waals surface area contributed by atoms with E-state index in [1.165, 1.54) is 0 Å². The Morgan fingerprint density at radius 3 is 2.04 bits per heavy atom. The Morgan fingerprint density at radius 1 is 1.08 bits per heavy atom. The number of hydrogen-bond donors (Lipinski definition) is 1. The van der Waals surface area contributed by atoms with E-state index in [1.54, 1.807) is 21.9 Å². The number of piperazine rings is 1. The first-order chi connectivity index (χ1) is 11.2. The van der Waals surface area contributed by atoms with Gasteiger partial charge in [-0.05, 0) is 23.1 Å². The van der Waals surface area contributed by atoms with Gasteiger partial charge in [-0.3, -0.25) is 9.59 Å². The molecule has 2 N–H and O–H groups in total. The van der Waals surface area contributed by atoms with E-state index in [0.717, 1.165) is 5.56 Å². The molecule has 1 atom stereocenters. The van der Waals surface area contributed by atoms with Crippen molar-refractivity contribution < 1.29 is 9.59 Å². The van der Waals surface area contributed by atoms with Crippen molar-refractivity contribution in [1.29, 1.82) is 0 Å². The number of benzene rings is 1. The highest BCUT2D eigenvalue weighted by Gasteiger charge is 2.33. The summed E-state index contributed by atoms with van der Waals surface area (Å²) in [7, 11) is 0. The van der Waals surface area contributed by atoms with Gasteiger partial charge in [0.1, 0.15) is 0 Å². The molecule has 7 heteroatoms. The van der Waals surface area contributed by atoms with Crippen LogP contribution >= 0.6 is 24.0 Å². The Morgan fingerprint density at radius 2 is 1.56 bits per heavy atom. The van der Waals surface area contributed by atoms with Gasteiger partial charge in [0.15, 0.2) is 0 Å². The van der Waals surface area contributed by atoms with E-state index >= 15 is 0 Å². The number of carbonyl (C=O) groups excluding carboxylic acids is 2. The van der Waals surface area contributed by atoms with E-state index in [0.29, 0.717) is 37.6 Å². The highest BCUT2D eigenvalue weighted by Crippen LogP contribution is 2.20. The van der Waals surface area contributed by atoms with Crippen LogP contribution in [0, 0.1) is 5.41 Å². The van der Waals surface area contributed by atoms with E-state index < -0.39 is 6.04 Å². The van der Waals surface area contributed by atoms with Crippen molar-refractivity contribution in [1.82, 2.24) is 9.80 Å². The summed E-state index contributed by atoms with van der Waals surface area (Å²) in [5.41, 5.74) is 6.73. The summed E-state index contributed by atoms with van der Waals surface area (Å²) < 4.78 is 0. The zero-order valence-corrected chi connectivity index (χ0v) is 16.6. The lowest BCUT2D eigenvalue weighted by Gasteiger charge is -2.38. The quantitative estimate of drug-likeness (QED) is 0.865. The van der Waals surface area contributed by atoms with Crippen molar-refractivity contribution in [2.75, 3.05) is 26.2 Å². The summed E-state index contributed by atoms with van der Waals surface area (Å²) in [5.74, 6) is 0.0387. The molecule has 0 bridgehead atoms. The molecular weight excluding hydrogens is 361 g/mol. The normalized spacial score (nSPS) is 16.2. The Bertz CT molecular complexity index is 591. The van der Waals surface area contributed by atoms with Gasteiger partial charge in [0.2, 0.25) is 11.8 Å². The van der Waals surface area contributed by atoms with E-state index in [-0.39, 0.29) is 29.6 Å². The molecule has 140 valence electrons. The largest absolute Gasteiger partial charge is 0.339 e. The van der Waals surface area contributed by atoms with Crippen LogP contribution in [0.25, 0.3) is 0 Å². The molecule has 0 aromatic heterocycles. The second-order valence-corrected chi connectivity index (χ2v) is 7.79. The first-order valence-corrected chi connectivity index (χ1v) is 8.63. The number of amides is 2. The van der Waals surface area contributed by atoms with Crippen molar-refractivity contribution in [2.24, 2.45) is 11.1 Å². The van der Waals surface area contributed by atoms with Gasteiger partial charge in [-0.25, -0.2) is 0 Å². The van der Waals surface area contributed by atoms with Crippen LogP contribution in [0.4, 0.5) is 0 Å². The Kier molecular flexibility index (Phi) is 7.72. The summed E-state index contributed by atoms with van der Waals surface area (Å²) >= 11 is 5.86. The first-order valence-electron chi connectivity index (χ1n) is 8.25. The fraction of sp³-hybridized carbons (Fsp3) is 0.556. The SMILES string of the molecule is CC(C)(C)[C@H](N)C(=O)N1CCN(C(=O)Cc2ccc(Cl)cc2)CC1.Cl. The maximum atomic E-state index is 12.4. The standard InChI is InChI=1S/C18H26ClN3O2.ClH/c1-18(2,3)16(20)17(24)22-10-8-21(9-11-22)15(23)12-13-4-6-14(19)7-5-13;/h4-7,16H,8-12,20H2,1-3H3;1H/t16-;/m1./s1. The molecule has 0 aliphatic carbocycles. The number of nitrogens with zero attached hydrogens (tertiary/aromatic N) is 2. The molecule has 1 saturated heterocycles. The van der Waals surface area contributed by atoms with Crippen LogP contribution in [0.1, 0.15) is 26.3 Å². The molecule has 0 radical (unpaired) electrons. The van der Waals surface area contributed by atoms with Gasteiger partial charge in [-0.1, -0.05) is 44.5 Å². The molecular formula is C18H27Cl2N3O2. The maximum absolute atomic E-state index is 12.4. The third-order valence-electron chi connectivity index (χ3n) is 4.41. The molecule has 1 aromatic carbocycles. The topological polar surface area (TPSA) is 66.6 Å². The zero-order chi connectivity index (χ0) is 17.9. The minimum atomic E-state index is -0.520. The summed E-state index contributed by atoms with van der Waals surface area (Å²) in [4.78, 5) is 28.4. The number of carbonyl (C=O) groups is 2. The monoisotopic (exact) mass is 387 g/mol. The molecule has 1 aliphatic rings. The smallest absolute Gasteiger partial charge is 0.240 e. The fourth-order valence-corrected chi connectivity index (χ4v) is 2.76. The van der Waals surface area contributed by atoms with Gasteiger partial charge in [-0.2, -0.15) is 0 Å². The van der Waals surface area contributed by atoms with Crippen LogP contribution in [0.2, 0.25) is 5.02 Å². The van der Waals surface area contributed by atoms with Crippen molar-refractivity contribution in [3.8, 4) is 0 Å². The van der Waals surface area contributed by atoms with E-state index in [1.807, 2.05) is 32.9 Å². The van der Waals surface area contributed by atoms with E-state index in [2.05, 4.69) is 0 Å². The zero-order valence-electron chi connectivity index (χ0n) is 15.0. The van der Waals surface area contributed by atoms with Crippen LogP contribution in [-0.2, 0) is 16.0 Å². The number of halogens is 2. The molecule has 0 unspecified atom stereocenters. The van der Waals surface area contributed by atoms with Gasteiger partial charge in [0, 0.05) is 31.2 Å². The van der Waals surface area contributed by atoms with Crippen molar-refractivity contribution in [3.63, 3.8) is 0 Å². The van der Waals surface area contributed by atoms with E-state index in [4.69, 9.17) is 17.3 Å². The van der Waals surface area contributed by atoms with Gasteiger partial charge in [0.05, 0.1) is 12.5 Å². The maximum Gasteiger partial charge on any atom is 0.240 e. The molecule has 2 rings (SSSR count). The molecule has 0 spiro atoms. The number of nitrogens with two attached hydrogens (primary N) is 1. The molecule has 25 heavy (non-hydrogen) atoms. The van der Waals surface area contributed by atoms with Crippen LogP contribution < -0.4 is 5.73 Å².